The largest absolute Gasteiger partial charge is 0.573 e. The second-order valence-corrected chi connectivity index (χ2v) is 5.44. The number of benzene rings is 1. The fourth-order valence-electron chi connectivity index (χ4n) is 2.47. The summed E-state index contributed by atoms with van der Waals surface area (Å²) < 4.78 is 41.2. The third-order valence-electron chi connectivity index (χ3n) is 3.69. The molecule has 1 amide bonds. The number of aliphatic carboxylic acids is 1. The van der Waals surface area contributed by atoms with E-state index in [1.165, 1.54) is 30.1 Å². The lowest BCUT2D eigenvalue weighted by Gasteiger charge is -2.17. The summed E-state index contributed by atoms with van der Waals surface area (Å²) in [7, 11) is 1.48. The smallest absolute Gasteiger partial charge is 0.481 e. The Bertz CT molecular complexity index is 603. The van der Waals surface area contributed by atoms with E-state index < -0.39 is 18.2 Å². The van der Waals surface area contributed by atoms with Gasteiger partial charge >= 0.3 is 12.3 Å². The van der Waals surface area contributed by atoms with Crippen molar-refractivity contribution in [3.05, 3.63) is 29.8 Å². The minimum atomic E-state index is -4.79. The molecule has 0 bridgehead atoms. The monoisotopic (exact) mass is 331 g/mol. The molecule has 0 saturated heterocycles. The first-order valence-electron chi connectivity index (χ1n) is 7.00. The molecule has 0 aromatic heterocycles. The molecule has 0 aliphatic heterocycles. The van der Waals surface area contributed by atoms with Gasteiger partial charge in [0, 0.05) is 19.5 Å². The fourth-order valence-corrected chi connectivity index (χ4v) is 2.47. The number of rotatable bonds is 6. The molecule has 126 valence electrons. The number of nitrogens with zero attached hydrogens (tertiary/aromatic N) is 1. The second-order valence-electron chi connectivity index (χ2n) is 5.44. The number of halogens is 3. The van der Waals surface area contributed by atoms with Gasteiger partial charge in [0.1, 0.15) is 5.75 Å². The zero-order valence-electron chi connectivity index (χ0n) is 12.3. The van der Waals surface area contributed by atoms with Crippen LogP contribution in [0.2, 0.25) is 0 Å². The molecular formula is C15H16F3NO4. The van der Waals surface area contributed by atoms with Gasteiger partial charge in [-0.25, -0.2) is 0 Å². The van der Waals surface area contributed by atoms with Gasteiger partial charge in [0.25, 0.3) is 0 Å². The number of alkyl halides is 3. The predicted molar refractivity (Wildman–Crippen MR) is 73.9 cm³/mol. The first-order valence-corrected chi connectivity index (χ1v) is 7.00. The van der Waals surface area contributed by atoms with E-state index in [-0.39, 0.29) is 30.5 Å². The van der Waals surface area contributed by atoms with E-state index in [2.05, 4.69) is 4.74 Å². The Labute approximate surface area is 130 Å². The highest BCUT2D eigenvalue weighted by atomic mass is 19.4. The molecule has 8 heteroatoms. The summed E-state index contributed by atoms with van der Waals surface area (Å²) in [6, 6.07) is 5.75. The van der Waals surface area contributed by atoms with Crippen LogP contribution in [0.1, 0.15) is 24.3 Å². The highest BCUT2D eigenvalue weighted by molar-refractivity contribution is 5.83. The van der Waals surface area contributed by atoms with Crippen LogP contribution < -0.4 is 4.74 Å². The van der Waals surface area contributed by atoms with Crippen molar-refractivity contribution in [3.8, 4) is 5.75 Å². The lowest BCUT2D eigenvalue weighted by atomic mass is 10.1. The Balaban J connectivity index is 2.03. The SMILES string of the molecule is CN(CCC(=O)O)C(=O)[C@H]1C[C@@H]1c1ccccc1OC(F)(F)F. The lowest BCUT2D eigenvalue weighted by Crippen LogP contribution is -2.30. The van der Waals surface area contributed by atoms with E-state index in [1.54, 1.807) is 6.07 Å². The van der Waals surface area contributed by atoms with Gasteiger partial charge in [-0.1, -0.05) is 18.2 Å². The van der Waals surface area contributed by atoms with E-state index >= 15 is 0 Å². The van der Waals surface area contributed by atoms with E-state index in [0.717, 1.165) is 0 Å². The molecule has 1 aliphatic rings. The molecule has 1 saturated carbocycles. The molecule has 2 atom stereocenters. The van der Waals surface area contributed by atoms with Crippen LogP contribution in [-0.2, 0) is 9.59 Å². The Morgan fingerprint density at radius 2 is 2.00 bits per heavy atom. The van der Waals surface area contributed by atoms with E-state index in [0.29, 0.717) is 12.0 Å². The second kappa shape index (κ2) is 6.47. The summed E-state index contributed by atoms with van der Waals surface area (Å²) in [5, 5.41) is 8.61. The van der Waals surface area contributed by atoms with Crippen LogP contribution in [0.4, 0.5) is 13.2 Å². The molecule has 1 aromatic carbocycles. The van der Waals surface area contributed by atoms with E-state index in [9.17, 15) is 22.8 Å². The number of carbonyl (C=O) groups excluding carboxylic acids is 1. The van der Waals surface area contributed by atoms with Crippen LogP contribution in [0.5, 0.6) is 5.75 Å². The maximum atomic E-state index is 12.4. The van der Waals surface area contributed by atoms with Crippen LogP contribution in [0.3, 0.4) is 0 Å². The Hall–Kier alpha value is -2.25. The topological polar surface area (TPSA) is 66.8 Å². The van der Waals surface area contributed by atoms with Crippen molar-refractivity contribution < 1.29 is 32.6 Å². The summed E-state index contributed by atoms with van der Waals surface area (Å²) in [4.78, 5) is 24.0. The van der Waals surface area contributed by atoms with Crippen molar-refractivity contribution >= 4 is 11.9 Å². The van der Waals surface area contributed by atoms with Gasteiger partial charge in [-0.15, -0.1) is 13.2 Å². The number of ether oxygens (including phenoxy) is 1. The number of para-hydroxylation sites is 1. The molecule has 1 N–H and O–H groups in total. The first kappa shape index (κ1) is 17.1. The number of hydrogen-bond donors (Lipinski definition) is 1. The summed E-state index contributed by atoms with van der Waals surface area (Å²) in [5.74, 6) is -2.35. The minimum absolute atomic E-state index is 0.0675. The Morgan fingerprint density at radius 1 is 1.35 bits per heavy atom. The maximum absolute atomic E-state index is 12.4. The molecule has 1 aliphatic carbocycles. The van der Waals surface area contributed by atoms with Crippen LogP contribution >= 0.6 is 0 Å². The molecule has 0 radical (unpaired) electrons. The third kappa shape index (κ3) is 4.61. The van der Waals surface area contributed by atoms with Gasteiger partial charge in [-0.05, 0) is 24.0 Å². The van der Waals surface area contributed by atoms with Gasteiger partial charge in [0.15, 0.2) is 0 Å². The summed E-state index contributed by atoms with van der Waals surface area (Å²) in [5.41, 5.74) is 0.342. The van der Waals surface area contributed by atoms with Crippen molar-refractivity contribution in [3.63, 3.8) is 0 Å². The fraction of sp³-hybridized carbons (Fsp3) is 0.467. The average molecular weight is 331 g/mol. The van der Waals surface area contributed by atoms with Crippen molar-refractivity contribution in [2.24, 2.45) is 5.92 Å². The van der Waals surface area contributed by atoms with Gasteiger partial charge in [0.2, 0.25) is 5.91 Å². The summed E-state index contributed by atoms with van der Waals surface area (Å²) >= 11 is 0. The van der Waals surface area contributed by atoms with Crippen molar-refractivity contribution in [1.29, 1.82) is 0 Å². The number of hydrogen-bond acceptors (Lipinski definition) is 3. The number of carboxylic acids is 1. The molecular weight excluding hydrogens is 315 g/mol. The molecule has 5 nitrogen and oxygen atoms in total. The van der Waals surface area contributed by atoms with Crippen LogP contribution in [0.15, 0.2) is 24.3 Å². The summed E-state index contributed by atoms with van der Waals surface area (Å²) in [6.45, 7) is 0.0675. The maximum Gasteiger partial charge on any atom is 0.573 e. The minimum Gasteiger partial charge on any atom is -0.481 e. The normalized spacial score (nSPS) is 20.0. The van der Waals surface area contributed by atoms with Crippen LogP contribution in [0, 0.1) is 5.92 Å². The molecule has 0 heterocycles. The summed E-state index contributed by atoms with van der Waals surface area (Å²) in [6.07, 6.45) is -4.54. The predicted octanol–water partition coefficient (Wildman–Crippen LogP) is 2.62. The van der Waals surface area contributed by atoms with E-state index in [1.807, 2.05) is 0 Å². The number of carbonyl (C=O) groups is 2. The van der Waals surface area contributed by atoms with Gasteiger partial charge in [-0.3, -0.25) is 9.59 Å². The first-order chi connectivity index (χ1) is 10.7. The molecule has 1 fully saturated rings. The van der Waals surface area contributed by atoms with E-state index in [4.69, 9.17) is 5.11 Å². The number of carboxylic acid groups (broad SMARTS) is 1. The third-order valence-corrected chi connectivity index (χ3v) is 3.69. The number of amides is 1. The molecule has 0 unspecified atom stereocenters. The van der Waals surface area contributed by atoms with Gasteiger partial charge < -0.3 is 14.7 Å². The standard InChI is InChI=1S/C15H16F3NO4/c1-19(7-6-13(20)21)14(22)11-8-10(11)9-4-2-3-5-12(9)23-15(16,17)18/h2-5,10-11H,6-8H2,1H3,(H,20,21)/t10-,11+/m1/s1. The van der Waals surface area contributed by atoms with Crippen molar-refractivity contribution in [1.82, 2.24) is 4.90 Å². The Kier molecular flexibility index (Phi) is 4.82. The zero-order chi connectivity index (χ0) is 17.2. The van der Waals surface area contributed by atoms with Crippen LogP contribution in [0.25, 0.3) is 0 Å². The molecule has 2 rings (SSSR count). The van der Waals surface area contributed by atoms with Crippen molar-refractivity contribution in [2.45, 2.75) is 25.1 Å². The van der Waals surface area contributed by atoms with Gasteiger partial charge in [0.05, 0.1) is 6.42 Å². The molecule has 1 aromatic rings. The molecule has 23 heavy (non-hydrogen) atoms. The quantitative estimate of drug-likeness (QED) is 0.870. The Morgan fingerprint density at radius 3 is 2.61 bits per heavy atom. The average Bonchev–Trinajstić information content (AvgIpc) is 3.23. The van der Waals surface area contributed by atoms with Crippen LogP contribution in [-0.4, -0.2) is 41.8 Å². The van der Waals surface area contributed by atoms with Gasteiger partial charge in [-0.2, -0.15) is 0 Å². The zero-order valence-corrected chi connectivity index (χ0v) is 12.3. The highest BCUT2D eigenvalue weighted by Crippen LogP contribution is 2.51. The molecule has 0 spiro atoms. The highest BCUT2D eigenvalue weighted by Gasteiger charge is 2.47. The lowest BCUT2D eigenvalue weighted by molar-refractivity contribution is -0.274. The van der Waals surface area contributed by atoms with Crippen molar-refractivity contribution in [2.75, 3.05) is 13.6 Å².